The highest BCUT2D eigenvalue weighted by Crippen LogP contribution is 2.33. The maximum Gasteiger partial charge on any atom is 0.273 e. The van der Waals surface area contributed by atoms with Gasteiger partial charge in [0.25, 0.3) is 11.8 Å². The van der Waals surface area contributed by atoms with Gasteiger partial charge in [0.05, 0.1) is 16.8 Å². The lowest BCUT2D eigenvalue weighted by Crippen LogP contribution is -2.29. The number of hydrogen-bond donors (Lipinski definition) is 4. The molecule has 0 radical (unpaired) electrons. The Morgan fingerprint density at radius 2 is 1.81 bits per heavy atom. The minimum Gasteiger partial charge on any atom is -0.344 e. The first-order chi connectivity index (χ1) is 17.7. The molecule has 37 heavy (non-hydrogen) atoms. The number of carbonyl (C=O) groups excluding carboxylic acids is 2. The van der Waals surface area contributed by atoms with Crippen LogP contribution < -0.4 is 16.0 Å². The third-order valence-electron chi connectivity index (χ3n) is 6.05. The zero-order valence-electron chi connectivity index (χ0n) is 21.2. The third-order valence-corrected chi connectivity index (χ3v) is 6.05. The van der Waals surface area contributed by atoms with E-state index in [4.69, 9.17) is 0 Å². The maximum absolute atomic E-state index is 12.9. The van der Waals surface area contributed by atoms with E-state index in [9.17, 15) is 9.59 Å². The van der Waals surface area contributed by atoms with Gasteiger partial charge in [-0.15, -0.1) is 0 Å². The molecule has 0 saturated heterocycles. The zero-order valence-corrected chi connectivity index (χ0v) is 21.2. The van der Waals surface area contributed by atoms with Crippen molar-refractivity contribution in [1.29, 1.82) is 0 Å². The van der Waals surface area contributed by atoms with Crippen LogP contribution in [0.4, 0.5) is 17.2 Å². The Morgan fingerprint density at radius 3 is 2.51 bits per heavy atom. The monoisotopic (exact) mass is 495 g/mol. The summed E-state index contributed by atoms with van der Waals surface area (Å²) in [6.07, 6.45) is 4.07. The van der Waals surface area contributed by atoms with Gasteiger partial charge in [-0.2, -0.15) is 10.2 Å². The average molecular weight is 496 g/mol. The molecule has 188 valence electrons. The Labute approximate surface area is 215 Å². The van der Waals surface area contributed by atoms with E-state index in [1.807, 2.05) is 70.2 Å². The van der Waals surface area contributed by atoms with Gasteiger partial charge < -0.3 is 16.0 Å². The van der Waals surface area contributed by atoms with Crippen molar-refractivity contribution in [2.75, 3.05) is 16.0 Å². The summed E-state index contributed by atoms with van der Waals surface area (Å²) in [6, 6.07) is 17.3. The molecule has 3 heterocycles. The Hall–Kier alpha value is -4.66. The first-order valence-electron chi connectivity index (χ1n) is 12.1. The Morgan fingerprint density at radius 1 is 1.05 bits per heavy atom. The van der Waals surface area contributed by atoms with Crippen LogP contribution in [0.5, 0.6) is 0 Å². The Bertz CT molecular complexity index is 1490. The molecular formula is C28H29N7O2. The van der Waals surface area contributed by atoms with E-state index in [0.717, 1.165) is 28.1 Å². The number of fused-ring (bicyclic) bond motifs is 1. The van der Waals surface area contributed by atoms with Gasteiger partial charge >= 0.3 is 0 Å². The van der Waals surface area contributed by atoms with Crippen LogP contribution in [0.3, 0.4) is 0 Å². The third kappa shape index (κ3) is 5.16. The largest absolute Gasteiger partial charge is 0.344 e. The number of anilines is 3. The number of amides is 2. The Kier molecular flexibility index (Phi) is 6.12. The van der Waals surface area contributed by atoms with Crippen molar-refractivity contribution in [3.8, 4) is 0 Å². The number of aryl methyl sites for hydroxylation is 1. The summed E-state index contributed by atoms with van der Waals surface area (Å²) in [5.41, 5.74) is 6.09. The van der Waals surface area contributed by atoms with Gasteiger partial charge in [-0.05, 0) is 75.6 Å². The van der Waals surface area contributed by atoms with Crippen molar-refractivity contribution < 1.29 is 9.59 Å². The van der Waals surface area contributed by atoms with Crippen LogP contribution in [-0.4, -0.2) is 31.8 Å². The number of H-pyrrole nitrogens is 1. The van der Waals surface area contributed by atoms with E-state index in [1.54, 1.807) is 29.2 Å². The molecule has 5 rings (SSSR count). The molecule has 1 aliphatic rings. The lowest BCUT2D eigenvalue weighted by molar-refractivity contribution is -0.110. The smallest absolute Gasteiger partial charge is 0.273 e. The van der Waals surface area contributed by atoms with E-state index in [0.29, 0.717) is 29.2 Å². The predicted octanol–water partition coefficient (Wildman–Crippen LogP) is 4.92. The summed E-state index contributed by atoms with van der Waals surface area (Å²) in [5.74, 6) is 0.287. The lowest BCUT2D eigenvalue weighted by atomic mass is 9.99. The van der Waals surface area contributed by atoms with Gasteiger partial charge in [0.1, 0.15) is 5.69 Å². The second-order valence-corrected chi connectivity index (χ2v) is 10.1. The van der Waals surface area contributed by atoms with Crippen LogP contribution >= 0.6 is 0 Å². The number of hydrogen-bond acceptors (Lipinski definition) is 5. The van der Waals surface area contributed by atoms with E-state index in [-0.39, 0.29) is 17.4 Å². The van der Waals surface area contributed by atoms with Crippen molar-refractivity contribution in [3.63, 3.8) is 0 Å². The SMILES string of the molecule is Cc1cc(C(=O)Nc2ccc(Cc3ccc4c(c3)/C(=C/Nc3cc[nH]n3)C(=O)N4)cc2)n(C(C)(C)C)n1. The van der Waals surface area contributed by atoms with Crippen LogP contribution in [-0.2, 0) is 16.8 Å². The van der Waals surface area contributed by atoms with Gasteiger partial charge in [0.15, 0.2) is 5.82 Å². The summed E-state index contributed by atoms with van der Waals surface area (Å²) >= 11 is 0. The second kappa shape index (κ2) is 9.42. The van der Waals surface area contributed by atoms with Crippen molar-refractivity contribution in [2.45, 2.75) is 39.7 Å². The second-order valence-electron chi connectivity index (χ2n) is 10.1. The van der Waals surface area contributed by atoms with E-state index in [2.05, 4.69) is 31.2 Å². The molecule has 9 nitrogen and oxygen atoms in total. The van der Waals surface area contributed by atoms with E-state index >= 15 is 0 Å². The number of carbonyl (C=O) groups is 2. The normalized spacial score (nSPS) is 13.9. The van der Waals surface area contributed by atoms with Gasteiger partial charge in [-0.1, -0.05) is 18.2 Å². The van der Waals surface area contributed by atoms with Gasteiger partial charge in [-0.3, -0.25) is 19.4 Å². The molecular weight excluding hydrogens is 466 g/mol. The fraction of sp³-hybridized carbons (Fsp3) is 0.214. The first-order valence-corrected chi connectivity index (χ1v) is 12.1. The topological polar surface area (TPSA) is 117 Å². The molecule has 0 bridgehead atoms. The quantitative estimate of drug-likeness (QED) is 0.283. The zero-order chi connectivity index (χ0) is 26.2. The molecule has 0 saturated carbocycles. The van der Waals surface area contributed by atoms with Gasteiger partial charge in [0.2, 0.25) is 0 Å². The first kappa shape index (κ1) is 24.1. The lowest BCUT2D eigenvalue weighted by Gasteiger charge is -2.22. The molecule has 4 N–H and O–H groups in total. The molecule has 9 heteroatoms. The highest BCUT2D eigenvalue weighted by atomic mass is 16.2. The number of nitrogens with one attached hydrogen (secondary N) is 4. The summed E-state index contributed by atoms with van der Waals surface area (Å²) in [5, 5.41) is 20.2. The van der Waals surface area contributed by atoms with Crippen LogP contribution in [0, 0.1) is 6.92 Å². The van der Waals surface area contributed by atoms with Gasteiger partial charge in [-0.25, -0.2) is 0 Å². The fourth-order valence-corrected chi connectivity index (χ4v) is 4.28. The summed E-state index contributed by atoms with van der Waals surface area (Å²) in [4.78, 5) is 25.4. The van der Waals surface area contributed by atoms with Crippen LogP contribution in [0.25, 0.3) is 5.57 Å². The molecule has 0 fully saturated rings. The number of aromatic nitrogens is 4. The van der Waals surface area contributed by atoms with Crippen molar-refractivity contribution >= 4 is 34.6 Å². The predicted molar refractivity (Wildman–Crippen MR) is 144 cm³/mol. The van der Waals surface area contributed by atoms with Crippen molar-refractivity contribution in [3.05, 3.63) is 95.1 Å². The molecule has 2 amide bonds. The average Bonchev–Trinajstić information content (AvgIpc) is 3.57. The molecule has 2 aromatic heterocycles. The Balaban J connectivity index is 1.29. The molecule has 0 aliphatic carbocycles. The highest BCUT2D eigenvalue weighted by Gasteiger charge is 2.25. The molecule has 1 aliphatic heterocycles. The number of nitrogens with zero attached hydrogens (tertiary/aromatic N) is 3. The number of rotatable bonds is 6. The molecule has 2 aromatic carbocycles. The summed E-state index contributed by atoms with van der Waals surface area (Å²) in [7, 11) is 0. The number of aromatic amines is 1. The minimum atomic E-state index is -0.301. The molecule has 0 atom stereocenters. The van der Waals surface area contributed by atoms with Crippen LogP contribution in [0.1, 0.15) is 53.6 Å². The van der Waals surface area contributed by atoms with Gasteiger partial charge in [0, 0.05) is 35.4 Å². The van der Waals surface area contributed by atoms with Crippen LogP contribution in [0.15, 0.2) is 67.0 Å². The molecule has 0 spiro atoms. The van der Waals surface area contributed by atoms with E-state index < -0.39 is 0 Å². The summed E-state index contributed by atoms with van der Waals surface area (Å²) < 4.78 is 1.76. The van der Waals surface area contributed by atoms with E-state index in [1.165, 1.54) is 0 Å². The minimum absolute atomic E-state index is 0.154. The fourth-order valence-electron chi connectivity index (χ4n) is 4.28. The molecule has 4 aromatic rings. The highest BCUT2D eigenvalue weighted by molar-refractivity contribution is 6.31. The molecule has 0 unspecified atom stereocenters. The van der Waals surface area contributed by atoms with Crippen LogP contribution in [0.2, 0.25) is 0 Å². The standard InChI is InChI=1S/C28H29N7O2/c1-17-13-24(35(34-17)28(2,3)4)27(37)31-20-8-5-18(6-9-20)14-19-7-10-23-21(15-19)22(26(36)32-23)16-29-25-11-12-30-33-25/h5-13,15-16H,14H2,1-4H3,(H,31,37)(H,32,36)(H2,29,30,33)/b22-16-. The van der Waals surface area contributed by atoms with Crippen molar-refractivity contribution in [2.24, 2.45) is 0 Å². The maximum atomic E-state index is 12.9. The summed E-state index contributed by atoms with van der Waals surface area (Å²) in [6.45, 7) is 7.94. The number of benzene rings is 2. The van der Waals surface area contributed by atoms with Crippen molar-refractivity contribution in [1.82, 2.24) is 20.0 Å².